The van der Waals surface area contributed by atoms with E-state index in [1.54, 1.807) is 0 Å². The highest BCUT2D eigenvalue weighted by molar-refractivity contribution is 4.82. The summed E-state index contributed by atoms with van der Waals surface area (Å²) in [4.78, 5) is 2.63. The van der Waals surface area contributed by atoms with Crippen LogP contribution in [0.3, 0.4) is 0 Å². The van der Waals surface area contributed by atoms with Gasteiger partial charge in [-0.05, 0) is 38.8 Å². The molecule has 0 bridgehead atoms. The van der Waals surface area contributed by atoms with Crippen molar-refractivity contribution in [3.05, 3.63) is 0 Å². The molecule has 2 atom stereocenters. The Bertz CT molecular complexity index is 197. The zero-order valence-corrected chi connectivity index (χ0v) is 12.0. The summed E-state index contributed by atoms with van der Waals surface area (Å²) in [6.07, 6.45) is 2.47. The molecular formula is C14H30N2O. The fourth-order valence-corrected chi connectivity index (χ4v) is 2.56. The van der Waals surface area contributed by atoms with Crippen molar-refractivity contribution >= 4 is 0 Å². The van der Waals surface area contributed by atoms with E-state index in [2.05, 4.69) is 37.9 Å². The van der Waals surface area contributed by atoms with Crippen LogP contribution in [0.25, 0.3) is 0 Å². The van der Waals surface area contributed by atoms with Gasteiger partial charge in [0.05, 0.1) is 6.61 Å². The van der Waals surface area contributed by atoms with E-state index in [0.29, 0.717) is 18.0 Å². The molecule has 1 aliphatic heterocycles. The fraction of sp³-hybridized carbons (Fsp3) is 1.00. The Balaban J connectivity index is 2.56. The summed E-state index contributed by atoms with van der Waals surface area (Å²) >= 11 is 0. The van der Waals surface area contributed by atoms with Crippen LogP contribution < -0.4 is 5.32 Å². The first-order chi connectivity index (χ1) is 8.19. The van der Waals surface area contributed by atoms with Crippen LogP contribution >= 0.6 is 0 Å². The average molecular weight is 242 g/mol. The van der Waals surface area contributed by atoms with Gasteiger partial charge in [0.1, 0.15) is 0 Å². The largest absolute Gasteiger partial charge is 0.380 e. The maximum Gasteiger partial charge on any atom is 0.0624 e. The molecule has 1 saturated heterocycles. The van der Waals surface area contributed by atoms with Crippen LogP contribution in [0.1, 0.15) is 40.5 Å². The van der Waals surface area contributed by atoms with Crippen LogP contribution in [0.15, 0.2) is 0 Å². The molecule has 1 aliphatic rings. The van der Waals surface area contributed by atoms with Gasteiger partial charge < -0.3 is 10.1 Å². The lowest BCUT2D eigenvalue weighted by molar-refractivity contribution is 0.0431. The van der Waals surface area contributed by atoms with E-state index in [1.165, 1.54) is 25.9 Å². The molecule has 0 aromatic rings. The summed E-state index contributed by atoms with van der Waals surface area (Å²) in [5, 5.41) is 3.63. The molecule has 102 valence electrons. The van der Waals surface area contributed by atoms with Gasteiger partial charge in [0.15, 0.2) is 0 Å². The van der Waals surface area contributed by atoms with Gasteiger partial charge in [-0.2, -0.15) is 0 Å². The second-order valence-corrected chi connectivity index (χ2v) is 5.38. The smallest absolute Gasteiger partial charge is 0.0624 e. The van der Waals surface area contributed by atoms with Crippen LogP contribution in [-0.4, -0.2) is 49.8 Å². The molecular weight excluding hydrogens is 212 g/mol. The molecule has 3 nitrogen and oxygen atoms in total. The number of hydrogen-bond donors (Lipinski definition) is 1. The van der Waals surface area contributed by atoms with Crippen LogP contribution in [-0.2, 0) is 4.74 Å². The van der Waals surface area contributed by atoms with Gasteiger partial charge in [0.25, 0.3) is 0 Å². The standard InChI is InChI=1S/C14H30N2O/c1-5-13-10-16(9-7-8-15-13)14(12(3)4)11-17-6-2/h12-15H,5-11H2,1-4H3. The molecule has 1 N–H and O–H groups in total. The van der Waals surface area contributed by atoms with E-state index in [9.17, 15) is 0 Å². The van der Waals surface area contributed by atoms with Crippen molar-refractivity contribution in [1.82, 2.24) is 10.2 Å². The number of nitrogens with one attached hydrogen (secondary N) is 1. The molecule has 0 aromatic carbocycles. The molecule has 1 fully saturated rings. The van der Waals surface area contributed by atoms with Crippen LogP contribution in [0.2, 0.25) is 0 Å². The van der Waals surface area contributed by atoms with Gasteiger partial charge in [-0.15, -0.1) is 0 Å². The SMILES string of the molecule is CCOCC(C(C)C)N1CCCNC(CC)C1. The molecule has 0 spiro atoms. The molecule has 0 radical (unpaired) electrons. The van der Waals surface area contributed by atoms with Gasteiger partial charge in [-0.25, -0.2) is 0 Å². The second kappa shape index (κ2) is 8.06. The van der Waals surface area contributed by atoms with Crippen molar-refractivity contribution in [2.75, 3.05) is 32.8 Å². The van der Waals surface area contributed by atoms with Gasteiger partial charge in [0, 0.05) is 25.2 Å². The normalized spacial score (nSPS) is 24.9. The molecule has 3 heteroatoms. The zero-order valence-electron chi connectivity index (χ0n) is 12.0. The topological polar surface area (TPSA) is 24.5 Å². The molecule has 0 aliphatic carbocycles. The Kier molecular flexibility index (Phi) is 7.09. The summed E-state index contributed by atoms with van der Waals surface area (Å²) < 4.78 is 5.66. The highest BCUT2D eigenvalue weighted by atomic mass is 16.5. The van der Waals surface area contributed by atoms with Gasteiger partial charge in [-0.3, -0.25) is 4.90 Å². The monoisotopic (exact) mass is 242 g/mol. The van der Waals surface area contributed by atoms with Crippen LogP contribution in [0.5, 0.6) is 0 Å². The maximum absolute atomic E-state index is 5.66. The van der Waals surface area contributed by atoms with Crippen molar-refractivity contribution in [2.24, 2.45) is 5.92 Å². The van der Waals surface area contributed by atoms with Gasteiger partial charge >= 0.3 is 0 Å². The Hall–Kier alpha value is -0.120. The molecule has 1 heterocycles. The lowest BCUT2D eigenvalue weighted by Gasteiger charge is -2.34. The third-order valence-electron chi connectivity index (χ3n) is 3.73. The molecule has 2 unspecified atom stereocenters. The summed E-state index contributed by atoms with van der Waals surface area (Å²) in [5.41, 5.74) is 0. The third kappa shape index (κ3) is 4.94. The van der Waals surface area contributed by atoms with Gasteiger partial charge in [0.2, 0.25) is 0 Å². The van der Waals surface area contributed by atoms with Gasteiger partial charge in [-0.1, -0.05) is 20.8 Å². The number of hydrogen-bond acceptors (Lipinski definition) is 3. The van der Waals surface area contributed by atoms with E-state index in [1.807, 2.05) is 0 Å². The Morgan fingerprint density at radius 2 is 2.12 bits per heavy atom. The second-order valence-electron chi connectivity index (χ2n) is 5.38. The van der Waals surface area contributed by atoms with E-state index in [0.717, 1.165) is 19.8 Å². The summed E-state index contributed by atoms with van der Waals surface area (Å²) in [6, 6.07) is 1.23. The lowest BCUT2D eigenvalue weighted by Crippen LogP contribution is -2.46. The number of ether oxygens (including phenoxy) is 1. The minimum absolute atomic E-state index is 0.573. The van der Waals surface area contributed by atoms with Crippen molar-refractivity contribution in [3.63, 3.8) is 0 Å². The predicted molar refractivity (Wildman–Crippen MR) is 73.4 cm³/mol. The van der Waals surface area contributed by atoms with Crippen molar-refractivity contribution < 1.29 is 4.74 Å². The highest BCUT2D eigenvalue weighted by Crippen LogP contribution is 2.15. The molecule has 0 aromatic heterocycles. The summed E-state index contributed by atoms with van der Waals surface area (Å²) in [6.45, 7) is 14.2. The Labute approximate surface area is 107 Å². The highest BCUT2D eigenvalue weighted by Gasteiger charge is 2.25. The van der Waals surface area contributed by atoms with Crippen LogP contribution in [0.4, 0.5) is 0 Å². The molecule has 1 rings (SSSR count). The minimum atomic E-state index is 0.573. The maximum atomic E-state index is 5.66. The summed E-state index contributed by atoms with van der Waals surface area (Å²) in [7, 11) is 0. The summed E-state index contributed by atoms with van der Waals surface area (Å²) in [5.74, 6) is 0.664. The first kappa shape index (κ1) is 14.9. The molecule has 0 saturated carbocycles. The van der Waals surface area contributed by atoms with Crippen LogP contribution in [0, 0.1) is 5.92 Å². The third-order valence-corrected chi connectivity index (χ3v) is 3.73. The van der Waals surface area contributed by atoms with E-state index >= 15 is 0 Å². The fourth-order valence-electron chi connectivity index (χ4n) is 2.56. The van der Waals surface area contributed by atoms with Crippen molar-refractivity contribution in [2.45, 2.75) is 52.6 Å². The molecule has 17 heavy (non-hydrogen) atoms. The van der Waals surface area contributed by atoms with E-state index in [-0.39, 0.29) is 0 Å². The molecule has 0 amide bonds. The average Bonchev–Trinajstić information content (AvgIpc) is 2.54. The Morgan fingerprint density at radius 3 is 2.71 bits per heavy atom. The van der Waals surface area contributed by atoms with E-state index < -0.39 is 0 Å². The first-order valence-electron chi connectivity index (χ1n) is 7.24. The first-order valence-corrected chi connectivity index (χ1v) is 7.24. The van der Waals surface area contributed by atoms with E-state index in [4.69, 9.17) is 4.74 Å². The van der Waals surface area contributed by atoms with Crippen molar-refractivity contribution in [1.29, 1.82) is 0 Å². The Morgan fingerprint density at radius 1 is 1.35 bits per heavy atom. The zero-order chi connectivity index (χ0) is 12.7. The van der Waals surface area contributed by atoms with Crippen molar-refractivity contribution in [3.8, 4) is 0 Å². The lowest BCUT2D eigenvalue weighted by atomic mass is 10.0. The minimum Gasteiger partial charge on any atom is -0.380 e. The number of rotatable bonds is 6. The predicted octanol–water partition coefficient (Wildman–Crippen LogP) is 2.12. The number of nitrogens with zero attached hydrogens (tertiary/aromatic N) is 1. The quantitative estimate of drug-likeness (QED) is 0.772.